The first-order chi connectivity index (χ1) is 19.3. The van der Waals surface area contributed by atoms with Gasteiger partial charge in [0.15, 0.2) is 11.5 Å². The summed E-state index contributed by atoms with van der Waals surface area (Å²) in [5.41, 5.74) is 1.12. The third-order valence-corrected chi connectivity index (χ3v) is 6.93. The Labute approximate surface area is 231 Å². The van der Waals surface area contributed by atoms with E-state index in [2.05, 4.69) is 25.6 Å². The number of carbonyl (C=O) groups is 2. The minimum Gasteiger partial charge on any atom is -0.493 e. The summed E-state index contributed by atoms with van der Waals surface area (Å²) in [5.74, 6) is 1.36. The fourth-order valence-corrected chi connectivity index (χ4v) is 4.93. The van der Waals surface area contributed by atoms with Crippen molar-refractivity contribution >= 4 is 28.7 Å². The highest BCUT2D eigenvalue weighted by atomic mass is 16.5. The molecule has 0 saturated carbocycles. The van der Waals surface area contributed by atoms with Crippen molar-refractivity contribution in [2.24, 2.45) is 0 Å². The molecular weight excluding hydrogens is 514 g/mol. The molecule has 1 saturated heterocycles. The zero-order valence-corrected chi connectivity index (χ0v) is 22.7. The van der Waals surface area contributed by atoms with E-state index in [-0.39, 0.29) is 24.1 Å². The van der Waals surface area contributed by atoms with Crippen LogP contribution in [0.15, 0.2) is 55.1 Å². The number of likely N-dealkylation sites (tertiary alicyclic amines) is 1. The number of aliphatic hydroxyl groups excluding tert-OH is 1. The largest absolute Gasteiger partial charge is 0.493 e. The van der Waals surface area contributed by atoms with Crippen LogP contribution in [0, 0.1) is 0 Å². The predicted molar refractivity (Wildman–Crippen MR) is 149 cm³/mol. The number of piperidine rings is 1. The summed E-state index contributed by atoms with van der Waals surface area (Å²) in [7, 11) is 3.10. The number of pyridine rings is 1. The van der Waals surface area contributed by atoms with Crippen LogP contribution < -0.4 is 20.1 Å². The Kier molecular flexibility index (Phi) is 7.99. The summed E-state index contributed by atoms with van der Waals surface area (Å²) in [6, 6.07) is 8.59. The summed E-state index contributed by atoms with van der Waals surface area (Å²) in [6.45, 7) is 4.23. The molecule has 210 valence electrons. The highest BCUT2D eigenvalue weighted by molar-refractivity contribution is 6.03. The van der Waals surface area contributed by atoms with E-state index in [9.17, 15) is 14.7 Å². The smallest absolute Gasteiger partial charge is 0.325 e. The molecule has 0 spiro atoms. The minimum absolute atomic E-state index is 0.210. The molecule has 1 unspecified atom stereocenters. The molecule has 0 bridgehead atoms. The van der Waals surface area contributed by atoms with Crippen molar-refractivity contribution in [1.29, 1.82) is 0 Å². The second kappa shape index (κ2) is 11.8. The summed E-state index contributed by atoms with van der Waals surface area (Å²) >= 11 is 0. The average Bonchev–Trinajstić information content (AvgIpc) is 3.60. The molecule has 4 heterocycles. The number of rotatable bonds is 8. The van der Waals surface area contributed by atoms with E-state index in [1.54, 1.807) is 63.0 Å². The van der Waals surface area contributed by atoms with E-state index in [0.717, 1.165) is 31.3 Å². The van der Waals surface area contributed by atoms with Crippen molar-refractivity contribution in [3.05, 3.63) is 60.7 Å². The zero-order valence-electron chi connectivity index (χ0n) is 22.7. The van der Waals surface area contributed by atoms with Crippen LogP contribution >= 0.6 is 0 Å². The Morgan fingerprint density at radius 2 is 1.98 bits per heavy atom. The van der Waals surface area contributed by atoms with Crippen molar-refractivity contribution in [3.63, 3.8) is 0 Å². The molecule has 5 rings (SSSR count). The van der Waals surface area contributed by atoms with Gasteiger partial charge in [-0.2, -0.15) is 5.10 Å². The first-order valence-electron chi connectivity index (χ1n) is 13.2. The number of anilines is 1. The van der Waals surface area contributed by atoms with Crippen LogP contribution in [-0.4, -0.2) is 81.2 Å². The van der Waals surface area contributed by atoms with Crippen LogP contribution in [0.4, 0.5) is 10.6 Å². The molecule has 1 atom stereocenters. The lowest BCUT2D eigenvalue weighted by molar-refractivity contribution is 0.0991. The summed E-state index contributed by atoms with van der Waals surface area (Å²) < 4.78 is 14.9. The number of β-amino-alcohol motifs (C(OH)–C–C–N with tert-alkyl or cyclic N) is 1. The Morgan fingerprint density at radius 3 is 2.70 bits per heavy atom. The molecule has 12 nitrogen and oxygen atoms in total. The maximum atomic E-state index is 12.9. The molecule has 1 aliphatic rings. The van der Waals surface area contributed by atoms with Crippen LogP contribution in [0.1, 0.15) is 36.2 Å². The van der Waals surface area contributed by atoms with E-state index in [4.69, 9.17) is 9.47 Å². The van der Waals surface area contributed by atoms with Crippen molar-refractivity contribution in [2.45, 2.75) is 31.9 Å². The van der Waals surface area contributed by atoms with Gasteiger partial charge in [0.25, 0.3) is 5.91 Å². The molecule has 1 fully saturated rings. The molecule has 1 aliphatic heterocycles. The minimum atomic E-state index is -0.345. The van der Waals surface area contributed by atoms with Gasteiger partial charge in [-0.1, -0.05) is 0 Å². The Balaban J connectivity index is 1.25. The Hall–Kier alpha value is -4.42. The van der Waals surface area contributed by atoms with Crippen molar-refractivity contribution in [1.82, 2.24) is 29.5 Å². The number of aliphatic hydroxyl groups is 1. The number of fused-ring (bicyclic) bond motifs is 1. The topological polar surface area (TPSA) is 136 Å². The van der Waals surface area contributed by atoms with Crippen molar-refractivity contribution in [3.8, 4) is 17.2 Å². The highest BCUT2D eigenvalue weighted by Gasteiger charge is 2.23. The van der Waals surface area contributed by atoms with Gasteiger partial charge in [-0.05, 0) is 38.0 Å². The van der Waals surface area contributed by atoms with Gasteiger partial charge in [0.05, 0.1) is 36.5 Å². The highest BCUT2D eigenvalue weighted by Crippen LogP contribution is 2.36. The molecule has 1 aromatic carbocycles. The number of aromatic nitrogens is 4. The Bertz CT molecular complexity index is 1500. The van der Waals surface area contributed by atoms with E-state index in [1.807, 2.05) is 10.7 Å². The second-order valence-corrected chi connectivity index (χ2v) is 9.83. The third kappa shape index (κ3) is 5.92. The number of methoxy groups -OCH3 is 1. The molecular formula is C28H33N7O5. The average molecular weight is 548 g/mol. The van der Waals surface area contributed by atoms with E-state index >= 15 is 0 Å². The fraction of sp³-hybridized carbons (Fsp3) is 0.357. The number of amides is 2. The summed E-state index contributed by atoms with van der Waals surface area (Å²) in [4.78, 5) is 31.6. The second-order valence-electron chi connectivity index (χ2n) is 9.83. The lowest BCUT2D eigenvalue weighted by Crippen LogP contribution is -2.38. The van der Waals surface area contributed by atoms with Crippen LogP contribution in [0.5, 0.6) is 17.2 Å². The quantitative estimate of drug-likeness (QED) is 0.305. The van der Waals surface area contributed by atoms with E-state index < -0.39 is 0 Å². The number of hydrogen-bond acceptors (Lipinski definition) is 8. The van der Waals surface area contributed by atoms with Crippen molar-refractivity contribution < 1.29 is 24.2 Å². The van der Waals surface area contributed by atoms with Crippen LogP contribution in [0.3, 0.4) is 0 Å². The molecule has 2 amide bonds. The predicted octanol–water partition coefficient (Wildman–Crippen LogP) is 3.49. The molecule has 3 aromatic heterocycles. The standard InChI is InChI=1S/C28H33N7O5/c1-18(36)16-33-9-6-21(7-10-33)35-17-20(15-31-35)27(37)32-26-13-22(4-8-30-26)40-25-12-19-5-11-34(28(38)29-2)23(19)14-24(25)39-3/h4-5,8,11-15,17-18,21,36H,6-7,9-10,16H2,1-3H3,(H,29,38)(H,30,32,37). The number of ether oxygens (including phenoxy) is 2. The number of nitrogens with one attached hydrogen (secondary N) is 2. The van der Waals surface area contributed by atoms with Gasteiger partial charge in [0, 0.05) is 62.8 Å². The number of benzene rings is 1. The van der Waals surface area contributed by atoms with Gasteiger partial charge in [0.2, 0.25) is 0 Å². The third-order valence-electron chi connectivity index (χ3n) is 6.93. The monoisotopic (exact) mass is 547 g/mol. The summed E-state index contributed by atoms with van der Waals surface area (Å²) in [5, 5.41) is 20.3. The van der Waals surface area contributed by atoms with Crippen LogP contribution in [-0.2, 0) is 0 Å². The van der Waals surface area contributed by atoms with E-state index in [0.29, 0.717) is 40.7 Å². The van der Waals surface area contributed by atoms with Gasteiger partial charge in [-0.25, -0.2) is 9.78 Å². The lowest BCUT2D eigenvalue weighted by atomic mass is 10.1. The molecule has 12 heteroatoms. The maximum Gasteiger partial charge on any atom is 0.325 e. The molecule has 40 heavy (non-hydrogen) atoms. The zero-order chi connectivity index (χ0) is 28.2. The Morgan fingerprint density at radius 1 is 1.18 bits per heavy atom. The number of hydrogen-bond donors (Lipinski definition) is 3. The first-order valence-corrected chi connectivity index (χ1v) is 13.2. The lowest BCUT2D eigenvalue weighted by Gasteiger charge is -2.32. The van der Waals surface area contributed by atoms with Gasteiger partial charge >= 0.3 is 6.03 Å². The fourth-order valence-electron chi connectivity index (χ4n) is 4.93. The maximum absolute atomic E-state index is 12.9. The molecule has 3 N–H and O–H groups in total. The molecule has 0 radical (unpaired) electrons. The normalized spacial score (nSPS) is 15.1. The number of nitrogens with zero attached hydrogens (tertiary/aromatic N) is 5. The van der Waals surface area contributed by atoms with Gasteiger partial charge in [0.1, 0.15) is 11.6 Å². The number of carbonyl (C=O) groups excluding carboxylic acids is 2. The summed E-state index contributed by atoms with van der Waals surface area (Å²) in [6.07, 6.45) is 8.00. The van der Waals surface area contributed by atoms with Crippen LogP contribution in [0.2, 0.25) is 0 Å². The van der Waals surface area contributed by atoms with Crippen LogP contribution in [0.25, 0.3) is 10.9 Å². The molecule has 4 aromatic rings. The van der Waals surface area contributed by atoms with Gasteiger partial charge < -0.3 is 30.1 Å². The van der Waals surface area contributed by atoms with E-state index in [1.165, 1.54) is 11.7 Å². The van der Waals surface area contributed by atoms with Gasteiger partial charge in [-0.15, -0.1) is 0 Å². The molecule has 0 aliphatic carbocycles. The van der Waals surface area contributed by atoms with Crippen molar-refractivity contribution in [2.75, 3.05) is 39.1 Å². The van der Waals surface area contributed by atoms with Gasteiger partial charge in [-0.3, -0.25) is 14.0 Å². The SMILES string of the molecule is CNC(=O)n1ccc2cc(Oc3ccnc(NC(=O)c4cnn(C5CCN(CC(C)O)CC5)c4)c3)c(OC)cc21. The first kappa shape index (κ1) is 27.2.